The summed E-state index contributed by atoms with van der Waals surface area (Å²) < 4.78 is 13.4. The van der Waals surface area contributed by atoms with Gasteiger partial charge < -0.3 is 5.73 Å². The van der Waals surface area contributed by atoms with Gasteiger partial charge in [-0.15, -0.1) is 0 Å². The van der Waals surface area contributed by atoms with Gasteiger partial charge in [-0.2, -0.15) is 0 Å². The Morgan fingerprint density at radius 1 is 1.36 bits per heavy atom. The molecule has 0 bridgehead atoms. The lowest BCUT2D eigenvalue weighted by Gasteiger charge is -2.26. The monoisotopic (exact) mass is 161 g/mol. The number of hydrogen-bond acceptors (Lipinski definition) is 1. The van der Waals surface area contributed by atoms with Crippen LogP contribution in [-0.2, 0) is 0 Å². The van der Waals surface area contributed by atoms with E-state index in [0.717, 1.165) is 19.3 Å². The van der Waals surface area contributed by atoms with Gasteiger partial charge in [-0.3, -0.25) is 0 Å². The minimum atomic E-state index is -1.06. The Labute approximate surface area is 69.2 Å². The predicted molar refractivity (Wildman–Crippen MR) is 47.3 cm³/mol. The summed E-state index contributed by atoms with van der Waals surface area (Å²) in [5.41, 5.74) is 4.33. The van der Waals surface area contributed by atoms with Crippen molar-refractivity contribution in [3.05, 3.63) is 0 Å². The third-order valence-electron chi connectivity index (χ3n) is 2.12. The first kappa shape index (κ1) is 10.9. The number of hydrogen-bond donors (Lipinski definition) is 1. The first-order chi connectivity index (χ1) is 5.02. The molecule has 0 radical (unpaired) electrons. The molecule has 68 valence electrons. The summed E-state index contributed by atoms with van der Waals surface area (Å²) in [6, 6.07) is 0. The van der Waals surface area contributed by atoms with Crippen LogP contribution in [0.4, 0.5) is 4.39 Å². The standard InChI is InChI=1S/C9H20FN/c1-4-5-8(6-7-11)9(2,3)10/h8H,4-7,11H2,1-3H3. The zero-order valence-corrected chi connectivity index (χ0v) is 7.86. The third-order valence-corrected chi connectivity index (χ3v) is 2.12. The maximum absolute atomic E-state index is 13.4. The highest BCUT2D eigenvalue weighted by Gasteiger charge is 2.26. The summed E-state index contributed by atoms with van der Waals surface area (Å²) in [5, 5.41) is 0. The average molecular weight is 161 g/mol. The van der Waals surface area contributed by atoms with Crippen molar-refractivity contribution in [1.29, 1.82) is 0 Å². The Kier molecular flexibility index (Phi) is 4.66. The van der Waals surface area contributed by atoms with Gasteiger partial charge >= 0.3 is 0 Å². The number of halogens is 1. The Hall–Kier alpha value is -0.110. The van der Waals surface area contributed by atoms with Crippen LogP contribution in [0.15, 0.2) is 0 Å². The molecule has 0 spiro atoms. The molecule has 0 saturated carbocycles. The molecular formula is C9H20FN. The van der Waals surface area contributed by atoms with Crippen molar-refractivity contribution in [2.24, 2.45) is 11.7 Å². The molecular weight excluding hydrogens is 141 g/mol. The van der Waals surface area contributed by atoms with E-state index in [1.165, 1.54) is 0 Å². The molecule has 1 atom stereocenters. The van der Waals surface area contributed by atoms with Crippen LogP contribution >= 0.6 is 0 Å². The van der Waals surface area contributed by atoms with E-state index in [2.05, 4.69) is 6.92 Å². The fraction of sp³-hybridized carbons (Fsp3) is 1.00. The molecule has 0 aromatic heterocycles. The average Bonchev–Trinajstić information content (AvgIpc) is 1.85. The molecule has 0 saturated heterocycles. The summed E-state index contributed by atoms with van der Waals surface area (Å²) in [6.07, 6.45) is 2.79. The SMILES string of the molecule is CCCC(CCN)C(C)(C)F. The highest BCUT2D eigenvalue weighted by Crippen LogP contribution is 2.27. The molecule has 11 heavy (non-hydrogen) atoms. The van der Waals surface area contributed by atoms with Crippen molar-refractivity contribution in [3.8, 4) is 0 Å². The molecule has 0 aromatic rings. The Balaban J connectivity index is 3.88. The lowest BCUT2D eigenvalue weighted by Crippen LogP contribution is -2.27. The molecule has 2 N–H and O–H groups in total. The molecule has 0 aliphatic heterocycles. The number of nitrogens with two attached hydrogens (primary N) is 1. The van der Waals surface area contributed by atoms with Crippen LogP contribution in [0.25, 0.3) is 0 Å². The van der Waals surface area contributed by atoms with Gasteiger partial charge in [-0.25, -0.2) is 4.39 Å². The van der Waals surface area contributed by atoms with Crippen molar-refractivity contribution < 1.29 is 4.39 Å². The predicted octanol–water partition coefficient (Wildman–Crippen LogP) is 2.50. The lowest BCUT2D eigenvalue weighted by molar-refractivity contribution is 0.111. The van der Waals surface area contributed by atoms with E-state index in [1.54, 1.807) is 13.8 Å². The maximum atomic E-state index is 13.4. The van der Waals surface area contributed by atoms with Crippen molar-refractivity contribution >= 4 is 0 Å². The second-order valence-corrected chi connectivity index (χ2v) is 3.63. The van der Waals surface area contributed by atoms with Crippen LogP contribution < -0.4 is 5.73 Å². The largest absolute Gasteiger partial charge is 0.330 e. The normalized spacial score (nSPS) is 15.0. The van der Waals surface area contributed by atoms with Gasteiger partial charge in [0.25, 0.3) is 0 Å². The van der Waals surface area contributed by atoms with E-state index < -0.39 is 5.67 Å². The quantitative estimate of drug-likeness (QED) is 0.658. The van der Waals surface area contributed by atoms with Crippen LogP contribution in [0.2, 0.25) is 0 Å². The minimum absolute atomic E-state index is 0.137. The first-order valence-corrected chi connectivity index (χ1v) is 4.41. The topological polar surface area (TPSA) is 26.0 Å². The second-order valence-electron chi connectivity index (χ2n) is 3.63. The van der Waals surface area contributed by atoms with E-state index in [9.17, 15) is 4.39 Å². The highest BCUT2D eigenvalue weighted by molar-refractivity contribution is 4.77. The number of alkyl halides is 1. The van der Waals surface area contributed by atoms with Gasteiger partial charge in [0, 0.05) is 0 Å². The van der Waals surface area contributed by atoms with E-state index in [0.29, 0.717) is 6.54 Å². The molecule has 0 fully saturated rings. The highest BCUT2D eigenvalue weighted by atomic mass is 19.1. The van der Waals surface area contributed by atoms with Crippen LogP contribution in [-0.4, -0.2) is 12.2 Å². The summed E-state index contributed by atoms with van der Waals surface area (Å²) in [4.78, 5) is 0. The summed E-state index contributed by atoms with van der Waals surface area (Å²) in [7, 11) is 0. The smallest absolute Gasteiger partial charge is 0.108 e. The molecule has 2 heteroatoms. The maximum Gasteiger partial charge on any atom is 0.108 e. The van der Waals surface area contributed by atoms with Gasteiger partial charge in [0.1, 0.15) is 5.67 Å². The molecule has 0 aliphatic rings. The van der Waals surface area contributed by atoms with Gasteiger partial charge in [0.05, 0.1) is 0 Å². The summed E-state index contributed by atoms with van der Waals surface area (Å²) in [6.45, 7) is 5.96. The summed E-state index contributed by atoms with van der Waals surface area (Å²) in [5.74, 6) is 0.137. The van der Waals surface area contributed by atoms with Crippen molar-refractivity contribution in [1.82, 2.24) is 0 Å². The summed E-state index contributed by atoms with van der Waals surface area (Å²) >= 11 is 0. The van der Waals surface area contributed by atoms with E-state index in [1.807, 2.05) is 0 Å². The minimum Gasteiger partial charge on any atom is -0.330 e. The van der Waals surface area contributed by atoms with Crippen LogP contribution in [0.5, 0.6) is 0 Å². The van der Waals surface area contributed by atoms with E-state index >= 15 is 0 Å². The Bertz CT molecular complexity index is 90.2. The van der Waals surface area contributed by atoms with Crippen molar-refractivity contribution in [3.63, 3.8) is 0 Å². The van der Waals surface area contributed by atoms with Crippen LogP contribution in [0.3, 0.4) is 0 Å². The molecule has 1 nitrogen and oxygen atoms in total. The third kappa shape index (κ3) is 4.35. The lowest BCUT2D eigenvalue weighted by atomic mass is 9.86. The van der Waals surface area contributed by atoms with E-state index in [-0.39, 0.29) is 5.92 Å². The van der Waals surface area contributed by atoms with Gasteiger partial charge in [0.2, 0.25) is 0 Å². The van der Waals surface area contributed by atoms with Gasteiger partial charge in [-0.1, -0.05) is 13.3 Å². The molecule has 1 unspecified atom stereocenters. The zero-order chi connectivity index (χ0) is 8.91. The second kappa shape index (κ2) is 4.70. The van der Waals surface area contributed by atoms with Crippen LogP contribution in [0, 0.1) is 5.92 Å². The van der Waals surface area contributed by atoms with E-state index in [4.69, 9.17) is 5.73 Å². The molecule has 0 aromatic carbocycles. The molecule has 0 heterocycles. The fourth-order valence-corrected chi connectivity index (χ4v) is 1.38. The fourth-order valence-electron chi connectivity index (χ4n) is 1.38. The first-order valence-electron chi connectivity index (χ1n) is 4.41. The Morgan fingerprint density at radius 3 is 2.18 bits per heavy atom. The number of rotatable bonds is 5. The van der Waals surface area contributed by atoms with Gasteiger partial charge in [0.15, 0.2) is 0 Å². The zero-order valence-electron chi connectivity index (χ0n) is 7.86. The molecule has 0 aliphatic carbocycles. The van der Waals surface area contributed by atoms with Gasteiger partial charge in [-0.05, 0) is 39.2 Å². The van der Waals surface area contributed by atoms with Crippen molar-refractivity contribution in [2.75, 3.05) is 6.54 Å². The Morgan fingerprint density at radius 2 is 1.91 bits per heavy atom. The molecule has 0 amide bonds. The van der Waals surface area contributed by atoms with Crippen molar-refractivity contribution in [2.45, 2.75) is 45.7 Å². The molecule has 0 rings (SSSR count). The van der Waals surface area contributed by atoms with Crippen LogP contribution in [0.1, 0.15) is 40.0 Å².